The van der Waals surface area contributed by atoms with Crippen LogP contribution >= 0.6 is 0 Å². The molecular weight excluding hydrogens is 587 g/mol. The summed E-state index contributed by atoms with van der Waals surface area (Å²) in [5.41, 5.74) is 12.1. The number of benzene rings is 2. The molecule has 2 aromatic carbocycles. The Balaban J connectivity index is 1.25. The van der Waals surface area contributed by atoms with Crippen LogP contribution in [0.4, 0.5) is 5.82 Å². The maximum Gasteiger partial charge on any atom is 0.152 e. The molecule has 0 spiro atoms. The molecule has 0 amide bonds. The van der Waals surface area contributed by atoms with Crippen molar-refractivity contribution in [1.82, 2.24) is 19.4 Å². The number of imidazole rings is 1. The number of hydrogen-bond acceptors (Lipinski definition) is 4. The fourth-order valence-electron chi connectivity index (χ4n) is 7.08. The molecule has 2 N–H and O–H groups in total. The van der Waals surface area contributed by atoms with E-state index >= 15 is 0 Å². The Labute approximate surface area is 293 Å². The number of nitrogen functional groups attached to an aromatic ring is 1. The van der Waals surface area contributed by atoms with Crippen molar-refractivity contribution >= 4 is 27.8 Å². The predicted molar refractivity (Wildman–Crippen MR) is 209 cm³/mol. The zero-order valence-electron chi connectivity index (χ0n) is 31.3. The monoisotopic (exact) mass is 654 g/mol. The van der Waals surface area contributed by atoms with E-state index in [0.717, 1.165) is 66.7 Å². The molecular formula is C43H67N5. The second-order valence-electron chi connectivity index (χ2n) is 15.3. The van der Waals surface area contributed by atoms with Crippen molar-refractivity contribution in [2.45, 2.75) is 169 Å². The molecule has 0 atom stereocenters. The van der Waals surface area contributed by atoms with E-state index in [1.807, 2.05) is 12.1 Å². The summed E-state index contributed by atoms with van der Waals surface area (Å²) in [6, 6.07) is 17.6. The molecule has 0 unspecified atom stereocenters. The van der Waals surface area contributed by atoms with Crippen molar-refractivity contribution in [2.75, 3.05) is 12.3 Å². The Hall–Kier alpha value is -2.92. The molecule has 0 aliphatic carbocycles. The highest BCUT2D eigenvalue weighted by Gasteiger charge is 2.21. The molecule has 0 fully saturated rings. The molecule has 0 saturated carbocycles. The highest BCUT2D eigenvalue weighted by atomic mass is 15.2. The molecule has 48 heavy (non-hydrogen) atoms. The largest absolute Gasteiger partial charge is 0.382 e. The van der Waals surface area contributed by atoms with Crippen molar-refractivity contribution in [3.63, 3.8) is 0 Å². The number of anilines is 1. The van der Waals surface area contributed by atoms with Crippen LogP contribution in [0.2, 0.25) is 0 Å². The smallest absolute Gasteiger partial charge is 0.152 e. The highest BCUT2D eigenvalue weighted by Crippen LogP contribution is 2.30. The van der Waals surface area contributed by atoms with Crippen molar-refractivity contribution in [3.05, 3.63) is 65.5 Å². The van der Waals surface area contributed by atoms with Crippen molar-refractivity contribution < 1.29 is 0 Å². The lowest BCUT2D eigenvalue weighted by Crippen LogP contribution is -2.41. The second-order valence-corrected chi connectivity index (χ2v) is 15.3. The van der Waals surface area contributed by atoms with Crippen LogP contribution in [0.15, 0.2) is 48.5 Å². The quantitative estimate of drug-likeness (QED) is 0.0809. The Morgan fingerprint density at radius 1 is 0.646 bits per heavy atom. The van der Waals surface area contributed by atoms with Gasteiger partial charge in [-0.1, -0.05) is 153 Å². The number of rotatable bonds is 23. The van der Waals surface area contributed by atoms with Gasteiger partial charge in [-0.15, -0.1) is 0 Å². The Kier molecular flexibility index (Phi) is 15.7. The van der Waals surface area contributed by atoms with Gasteiger partial charge in [0.25, 0.3) is 0 Å². The number of nitrogens with two attached hydrogens (primary N) is 1. The van der Waals surface area contributed by atoms with Gasteiger partial charge in [-0.3, -0.25) is 4.90 Å². The molecule has 5 heteroatoms. The van der Waals surface area contributed by atoms with Gasteiger partial charge < -0.3 is 10.3 Å². The first-order valence-corrected chi connectivity index (χ1v) is 19.7. The van der Waals surface area contributed by atoms with Crippen LogP contribution in [-0.2, 0) is 19.5 Å². The molecule has 0 bridgehead atoms. The van der Waals surface area contributed by atoms with E-state index in [2.05, 4.69) is 85.5 Å². The fraction of sp³-hybridized carbons (Fsp3) is 0.628. The lowest BCUT2D eigenvalue weighted by molar-refractivity contribution is 0.124. The van der Waals surface area contributed by atoms with Crippen LogP contribution in [0.5, 0.6) is 0 Å². The van der Waals surface area contributed by atoms with Crippen molar-refractivity contribution in [1.29, 1.82) is 0 Å². The molecule has 4 aromatic rings. The number of aryl methyl sites for hydroxylation is 1. The third-order valence-corrected chi connectivity index (χ3v) is 10.2. The van der Waals surface area contributed by atoms with Gasteiger partial charge in [-0.2, -0.15) is 0 Å². The van der Waals surface area contributed by atoms with Crippen LogP contribution in [0, 0.1) is 0 Å². The number of para-hydroxylation sites is 1. The molecule has 0 aliphatic heterocycles. The average Bonchev–Trinajstić information content (AvgIpc) is 3.44. The summed E-state index contributed by atoms with van der Waals surface area (Å²) in [6.45, 7) is 14.5. The van der Waals surface area contributed by atoms with E-state index in [1.165, 1.54) is 107 Å². The molecule has 5 nitrogen and oxygen atoms in total. The average molecular weight is 654 g/mol. The first kappa shape index (κ1) is 37.9. The molecule has 4 rings (SSSR count). The van der Waals surface area contributed by atoms with Gasteiger partial charge in [0.15, 0.2) is 5.82 Å². The number of pyridine rings is 1. The summed E-state index contributed by atoms with van der Waals surface area (Å²) in [5, 5.41) is 1.12. The first-order valence-electron chi connectivity index (χ1n) is 19.7. The molecule has 0 saturated heterocycles. The van der Waals surface area contributed by atoms with E-state index < -0.39 is 0 Å². The third kappa shape index (κ3) is 11.6. The van der Waals surface area contributed by atoms with Crippen LogP contribution in [0.3, 0.4) is 0 Å². The predicted octanol–water partition coefficient (Wildman–Crippen LogP) is 12.0. The topological polar surface area (TPSA) is 60.0 Å². The highest BCUT2D eigenvalue weighted by molar-refractivity contribution is 6.06. The Bertz CT molecular complexity index is 1480. The van der Waals surface area contributed by atoms with Gasteiger partial charge >= 0.3 is 0 Å². The minimum Gasteiger partial charge on any atom is -0.382 e. The van der Waals surface area contributed by atoms with Gasteiger partial charge in [-0.25, -0.2) is 9.97 Å². The van der Waals surface area contributed by atoms with Gasteiger partial charge in [-0.05, 0) is 57.4 Å². The molecule has 0 aliphatic rings. The van der Waals surface area contributed by atoms with Crippen molar-refractivity contribution in [3.8, 4) is 0 Å². The van der Waals surface area contributed by atoms with E-state index in [-0.39, 0.29) is 5.54 Å². The van der Waals surface area contributed by atoms with E-state index in [4.69, 9.17) is 10.7 Å². The lowest BCUT2D eigenvalue weighted by Gasteiger charge is -2.36. The summed E-state index contributed by atoms with van der Waals surface area (Å²) in [6.07, 6.45) is 24.3. The van der Waals surface area contributed by atoms with Crippen molar-refractivity contribution in [2.24, 2.45) is 0 Å². The van der Waals surface area contributed by atoms with Crippen LogP contribution in [0.1, 0.15) is 161 Å². The fourth-order valence-corrected chi connectivity index (χ4v) is 7.08. The first-order chi connectivity index (χ1) is 23.3. The second kappa shape index (κ2) is 19.9. The lowest BCUT2D eigenvalue weighted by atomic mass is 10.0. The standard InChI is InChI=1S/C43H67N5/c1-6-8-10-11-12-13-14-15-16-17-18-19-20-21-24-32-47(43(3,4)5)33-35-28-30-36(31-29-35)34-48-39(27-9-7-2)46-40-41(48)37-25-22-23-26-38(37)45-42(40)44/h22-23,25-26,28-31H,6-21,24,27,32-34H2,1-5H3,(H2,44,45). The minimum atomic E-state index is 0.146. The zero-order chi connectivity index (χ0) is 34.2. The molecule has 0 radical (unpaired) electrons. The maximum atomic E-state index is 6.44. The van der Waals surface area contributed by atoms with E-state index in [9.17, 15) is 0 Å². The van der Waals surface area contributed by atoms with Gasteiger partial charge in [0.05, 0.1) is 11.0 Å². The van der Waals surface area contributed by atoms with Crippen LogP contribution in [0.25, 0.3) is 21.9 Å². The van der Waals surface area contributed by atoms with Crippen LogP contribution < -0.4 is 5.73 Å². The number of aromatic nitrogens is 3. The van der Waals surface area contributed by atoms with Gasteiger partial charge in [0, 0.05) is 30.4 Å². The van der Waals surface area contributed by atoms with E-state index in [0.29, 0.717) is 5.82 Å². The zero-order valence-corrected chi connectivity index (χ0v) is 31.3. The number of nitrogens with zero attached hydrogens (tertiary/aromatic N) is 4. The number of hydrogen-bond donors (Lipinski definition) is 1. The number of fused-ring (bicyclic) bond motifs is 3. The third-order valence-electron chi connectivity index (χ3n) is 10.2. The molecule has 2 heterocycles. The van der Waals surface area contributed by atoms with Gasteiger partial charge in [0.1, 0.15) is 11.3 Å². The summed E-state index contributed by atoms with van der Waals surface area (Å²) >= 11 is 0. The number of unbranched alkanes of at least 4 members (excludes halogenated alkanes) is 15. The Morgan fingerprint density at radius 2 is 1.19 bits per heavy atom. The summed E-state index contributed by atoms with van der Waals surface area (Å²) < 4.78 is 2.39. The molecule has 2 aromatic heterocycles. The SMILES string of the molecule is CCCCCCCCCCCCCCCCCN(Cc1ccc(Cn2c(CCCC)nc3c(N)nc4ccccc4c32)cc1)C(C)(C)C. The van der Waals surface area contributed by atoms with E-state index in [1.54, 1.807) is 0 Å². The summed E-state index contributed by atoms with van der Waals surface area (Å²) in [5.74, 6) is 1.62. The maximum absolute atomic E-state index is 6.44. The summed E-state index contributed by atoms with van der Waals surface area (Å²) in [7, 11) is 0. The van der Waals surface area contributed by atoms with Gasteiger partial charge in [0.2, 0.25) is 0 Å². The van der Waals surface area contributed by atoms with Crippen LogP contribution in [-0.4, -0.2) is 31.5 Å². The minimum absolute atomic E-state index is 0.146. The summed E-state index contributed by atoms with van der Waals surface area (Å²) in [4.78, 5) is 12.4. The normalized spacial score (nSPS) is 12.2. The Morgan fingerprint density at radius 3 is 1.77 bits per heavy atom. The molecule has 264 valence electrons.